The van der Waals surface area contributed by atoms with Gasteiger partial charge in [0.1, 0.15) is 0 Å². The van der Waals surface area contributed by atoms with Gasteiger partial charge in [0.15, 0.2) is 0 Å². The molecule has 1 rings (SSSR count). The molecule has 0 saturated carbocycles. The molecule has 4 heteroatoms. The van der Waals surface area contributed by atoms with E-state index < -0.39 is 0 Å². The summed E-state index contributed by atoms with van der Waals surface area (Å²) in [6, 6.07) is 0. The van der Waals surface area contributed by atoms with Gasteiger partial charge < -0.3 is 5.32 Å². The van der Waals surface area contributed by atoms with E-state index in [0.29, 0.717) is 6.54 Å². The highest BCUT2D eigenvalue weighted by Gasteiger charge is 2.06. The second-order valence-corrected chi connectivity index (χ2v) is 3.58. The SMILES string of the molecule is CCn1cc(CNC(=O)C(C)C)cn1. The Labute approximate surface area is 84.3 Å². The predicted octanol–water partition coefficient (Wildman–Crippen LogP) is 1.18. The van der Waals surface area contributed by atoms with Gasteiger partial charge in [-0.2, -0.15) is 5.10 Å². The quantitative estimate of drug-likeness (QED) is 0.784. The fourth-order valence-corrected chi connectivity index (χ4v) is 1.06. The van der Waals surface area contributed by atoms with Crippen LogP contribution in [-0.2, 0) is 17.9 Å². The number of aromatic nitrogens is 2. The number of carbonyl (C=O) groups is 1. The average molecular weight is 195 g/mol. The van der Waals surface area contributed by atoms with Gasteiger partial charge in [0, 0.05) is 30.8 Å². The van der Waals surface area contributed by atoms with E-state index in [1.54, 1.807) is 6.20 Å². The van der Waals surface area contributed by atoms with Crippen molar-refractivity contribution in [1.82, 2.24) is 15.1 Å². The highest BCUT2D eigenvalue weighted by Crippen LogP contribution is 1.98. The monoisotopic (exact) mass is 195 g/mol. The number of amides is 1. The molecule has 0 radical (unpaired) electrons. The summed E-state index contributed by atoms with van der Waals surface area (Å²) in [4.78, 5) is 11.3. The fraction of sp³-hybridized carbons (Fsp3) is 0.600. The summed E-state index contributed by atoms with van der Waals surface area (Å²) in [6.07, 6.45) is 3.73. The molecular weight excluding hydrogens is 178 g/mol. The van der Waals surface area contributed by atoms with Gasteiger partial charge in [0.25, 0.3) is 0 Å². The Bertz CT molecular complexity index is 304. The van der Waals surface area contributed by atoms with Crippen LogP contribution in [0.3, 0.4) is 0 Å². The fourth-order valence-electron chi connectivity index (χ4n) is 1.06. The van der Waals surface area contributed by atoms with Crippen LogP contribution in [0.5, 0.6) is 0 Å². The predicted molar refractivity (Wildman–Crippen MR) is 54.6 cm³/mol. The zero-order valence-corrected chi connectivity index (χ0v) is 8.95. The van der Waals surface area contributed by atoms with Crippen LogP contribution in [0, 0.1) is 5.92 Å². The van der Waals surface area contributed by atoms with Gasteiger partial charge in [-0.05, 0) is 6.92 Å². The summed E-state index contributed by atoms with van der Waals surface area (Å²) in [6.45, 7) is 7.22. The molecule has 0 aliphatic carbocycles. The van der Waals surface area contributed by atoms with Crippen molar-refractivity contribution in [2.75, 3.05) is 0 Å². The maximum absolute atomic E-state index is 11.3. The highest BCUT2D eigenvalue weighted by molar-refractivity contribution is 5.77. The van der Waals surface area contributed by atoms with Crippen molar-refractivity contribution >= 4 is 5.91 Å². The molecule has 0 saturated heterocycles. The van der Waals surface area contributed by atoms with E-state index in [-0.39, 0.29) is 11.8 Å². The summed E-state index contributed by atoms with van der Waals surface area (Å²) in [5.41, 5.74) is 1.04. The number of aryl methyl sites for hydroxylation is 1. The molecule has 0 aliphatic rings. The van der Waals surface area contributed by atoms with Crippen molar-refractivity contribution in [2.24, 2.45) is 5.92 Å². The summed E-state index contributed by atoms with van der Waals surface area (Å²) in [5.74, 6) is 0.116. The molecule has 1 heterocycles. The van der Waals surface area contributed by atoms with Gasteiger partial charge in [-0.3, -0.25) is 9.48 Å². The van der Waals surface area contributed by atoms with E-state index in [9.17, 15) is 4.79 Å². The lowest BCUT2D eigenvalue weighted by Crippen LogP contribution is -2.26. The van der Waals surface area contributed by atoms with Crippen LogP contribution in [0.4, 0.5) is 0 Å². The molecule has 0 fully saturated rings. The molecule has 14 heavy (non-hydrogen) atoms. The van der Waals surface area contributed by atoms with Gasteiger partial charge >= 0.3 is 0 Å². The number of carbonyl (C=O) groups excluding carboxylic acids is 1. The van der Waals surface area contributed by atoms with Gasteiger partial charge in [0.2, 0.25) is 5.91 Å². The van der Waals surface area contributed by atoms with Crippen LogP contribution in [0.2, 0.25) is 0 Å². The van der Waals surface area contributed by atoms with Crippen molar-refractivity contribution in [1.29, 1.82) is 0 Å². The Morgan fingerprint density at radius 2 is 2.36 bits per heavy atom. The van der Waals surface area contributed by atoms with Gasteiger partial charge in [-0.15, -0.1) is 0 Å². The molecule has 1 aromatic rings. The number of nitrogens with zero attached hydrogens (tertiary/aromatic N) is 2. The summed E-state index contributed by atoms with van der Waals surface area (Å²) >= 11 is 0. The number of hydrogen-bond acceptors (Lipinski definition) is 2. The van der Waals surface area contributed by atoms with Crippen molar-refractivity contribution < 1.29 is 4.79 Å². The van der Waals surface area contributed by atoms with Crippen LogP contribution in [0.1, 0.15) is 26.3 Å². The second kappa shape index (κ2) is 4.79. The van der Waals surface area contributed by atoms with Crippen molar-refractivity contribution in [3.8, 4) is 0 Å². The zero-order chi connectivity index (χ0) is 10.6. The van der Waals surface area contributed by atoms with E-state index in [4.69, 9.17) is 0 Å². The standard InChI is InChI=1S/C10H17N3O/c1-4-13-7-9(6-12-13)5-11-10(14)8(2)3/h6-8H,4-5H2,1-3H3,(H,11,14). The van der Waals surface area contributed by atoms with Gasteiger partial charge in [-0.25, -0.2) is 0 Å². The Morgan fingerprint density at radius 3 is 2.86 bits per heavy atom. The normalized spacial score (nSPS) is 10.6. The second-order valence-electron chi connectivity index (χ2n) is 3.58. The molecule has 1 N–H and O–H groups in total. The van der Waals surface area contributed by atoms with Crippen molar-refractivity contribution in [2.45, 2.75) is 33.9 Å². The first-order valence-corrected chi connectivity index (χ1v) is 4.92. The van der Waals surface area contributed by atoms with Crippen LogP contribution in [-0.4, -0.2) is 15.7 Å². The molecule has 0 spiro atoms. The van der Waals surface area contributed by atoms with Crippen molar-refractivity contribution in [3.05, 3.63) is 18.0 Å². The minimum Gasteiger partial charge on any atom is -0.352 e. The first kappa shape index (κ1) is 10.8. The van der Waals surface area contributed by atoms with E-state index in [1.165, 1.54) is 0 Å². The van der Waals surface area contributed by atoms with E-state index in [0.717, 1.165) is 12.1 Å². The Kier molecular flexibility index (Phi) is 3.68. The molecule has 0 unspecified atom stereocenters. The number of rotatable bonds is 4. The number of nitrogens with one attached hydrogen (secondary N) is 1. The van der Waals surface area contributed by atoms with E-state index in [1.807, 2.05) is 31.6 Å². The summed E-state index contributed by atoms with van der Waals surface area (Å²) in [5, 5.41) is 6.97. The maximum atomic E-state index is 11.3. The van der Waals surface area contributed by atoms with Crippen LogP contribution in [0.15, 0.2) is 12.4 Å². The third kappa shape index (κ3) is 2.87. The lowest BCUT2D eigenvalue weighted by atomic mass is 10.2. The topological polar surface area (TPSA) is 46.9 Å². The molecule has 4 nitrogen and oxygen atoms in total. The molecule has 0 aliphatic heterocycles. The van der Waals surface area contributed by atoms with Crippen LogP contribution < -0.4 is 5.32 Å². The molecule has 78 valence electrons. The van der Waals surface area contributed by atoms with Crippen LogP contribution >= 0.6 is 0 Å². The molecule has 0 atom stereocenters. The first-order chi connectivity index (χ1) is 6.63. The molecular formula is C10H17N3O. The Morgan fingerprint density at radius 1 is 1.64 bits per heavy atom. The summed E-state index contributed by atoms with van der Waals surface area (Å²) in [7, 11) is 0. The third-order valence-electron chi connectivity index (χ3n) is 2.00. The van der Waals surface area contributed by atoms with Gasteiger partial charge in [-0.1, -0.05) is 13.8 Å². The van der Waals surface area contributed by atoms with E-state index in [2.05, 4.69) is 10.4 Å². The maximum Gasteiger partial charge on any atom is 0.222 e. The zero-order valence-electron chi connectivity index (χ0n) is 8.95. The lowest BCUT2D eigenvalue weighted by molar-refractivity contribution is -0.124. The Hall–Kier alpha value is -1.32. The first-order valence-electron chi connectivity index (χ1n) is 4.92. The largest absolute Gasteiger partial charge is 0.352 e. The molecule has 1 aromatic heterocycles. The third-order valence-corrected chi connectivity index (χ3v) is 2.00. The average Bonchev–Trinajstić information content (AvgIpc) is 2.61. The summed E-state index contributed by atoms with van der Waals surface area (Å²) < 4.78 is 1.84. The van der Waals surface area contributed by atoms with E-state index >= 15 is 0 Å². The van der Waals surface area contributed by atoms with Crippen molar-refractivity contribution in [3.63, 3.8) is 0 Å². The minimum absolute atomic E-state index is 0.0382. The lowest BCUT2D eigenvalue weighted by Gasteiger charge is -2.05. The smallest absolute Gasteiger partial charge is 0.222 e. The molecule has 0 bridgehead atoms. The number of hydrogen-bond donors (Lipinski definition) is 1. The van der Waals surface area contributed by atoms with Gasteiger partial charge in [0.05, 0.1) is 6.20 Å². The highest BCUT2D eigenvalue weighted by atomic mass is 16.1. The van der Waals surface area contributed by atoms with Crippen LogP contribution in [0.25, 0.3) is 0 Å². The molecule has 1 amide bonds. The Balaban J connectivity index is 2.41. The minimum atomic E-state index is 0.0382. The molecule has 0 aromatic carbocycles.